The van der Waals surface area contributed by atoms with E-state index in [2.05, 4.69) is 11.6 Å². The minimum Gasteiger partial charge on any atom is -0.261 e. The van der Waals surface area contributed by atoms with E-state index in [1.807, 2.05) is 39.0 Å². The molecule has 1 aliphatic rings. The predicted molar refractivity (Wildman–Crippen MR) is 75.3 cm³/mol. The molecule has 0 aromatic heterocycles. The third kappa shape index (κ3) is 2.58. The number of halogens is 1. The van der Waals surface area contributed by atoms with E-state index < -0.39 is 0 Å². The van der Waals surface area contributed by atoms with Crippen molar-refractivity contribution in [2.45, 2.75) is 32.6 Å². The van der Waals surface area contributed by atoms with Crippen molar-refractivity contribution >= 4 is 11.8 Å². The summed E-state index contributed by atoms with van der Waals surface area (Å²) in [5.41, 5.74) is 3.24. The van der Waals surface area contributed by atoms with Crippen LogP contribution in [-0.4, -0.2) is 6.21 Å². The molecule has 2 heteroatoms. The summed E-state index contributed by atoms with van der Waals surface area (Å²) in [5.74, 6) is -0.154. The number of hydrogen-bond donors (Lipinski definition) is 0. The molecule has 18 heavy (non-hydrogen) atoms. The summed E-state index contributed by atoms with van der Waals surface area (Å²) < 4.78 is 14.1. The van der Waals surface area contributed by atoms with Gasteiger partial charge in [0.1, 0.15) is 5.82 Å². The summed E-state index contributed by atoms with van der Waals surface area (Å²) in [5, 5.41) is 0. The minimum absolute atomic E-state index is 0.154. The molecular formula is C16H18FN. The Labute approximate surface area is 108 Å². The summed E-state index contributed by atoms with van der Waals surface area (Å²) in [4.78, 5) is 4.18. The van der Waals surface area contributed by atoms with Gasteiger partial charge in [0.25, 0.3) is 0 Å². The Morgan fingerprint density at radius 1 is 1.28 bits per heavy atom. The number of benzene rings is 1. The maximum atomic E-state index is 14.1. The van der Waals surface area contributed by atoms with Gasteiger partial charge in [0.15, 0.2) is 0 Å². The Morgan fingerprint density at radius 3 is 2.50 bits per heavy atom. The third-order valence-electron chi connectivity index (χ3n) is 3.05. The number of rotatable bonds is 1. The van der Waals surface area contributed by atoms with Crippen LogP contribution in [0.25, 0.3) is 5.57 Å². The molecule has 94 valence electrons. The number of allylic oxidation sites excluding steroid dienone is 2. The van der Waals surface area contributed by atoms with Gasteiger partial charge < -0.3 is 0 Å². The van der Waals surface area contributed by atoms with E-state index >= 15 is 0 Å². The topological polar surface area (TPSA) is 12.4 Å². The largest absolute Gasteiger partial charge is 0.261 e. The average Bonchev–Trinajstić information content (AvgIpc) is 2.28. The first-order valence-corrected chi connectivity index (χ1v) is 6.10. The van der Waals surface area contributed by atoms with Gasteiger partial charge in [0.2, 0.25) is 0 Å². The fourth-order valence-corrected chi connectivity index (χ4v) is 1.99. The molecule has 0 unspecified atom stereocenters. The zero-order valence-electron chi connectivity index (χ0n) is 11.1. The first kappa shape index (κ1) is 12.7. The fourth-order valence-electron chi connectivity index (χ4n) is 1.99. The van der Waals surface area contributed by atoms with Crippen LogP contribution in [0.15, 0.2) is 41.5 Å². The number of nitrogens with zero attached hydrogens (tertiary/aromatic N) is 1. The van der Waals surface area contributed by atoms with Crippen molar-refractivity contribution in [2.24, 2.45) is 4.99 Å². The molecule has 0 N–H and O–H groups in total. The summed E-state index contributed by atoms with van der Waals surface area (Å²) in [6.45, 7) is 9.82. The van der Waals surface area contributed by atoms with Crippen LogP contribution in [0.2, 0.25) is 0 Å². The Hall–Kier alpha value is -1.70. The van der Waals surface area contributed by atoms with Crippen LogP contribution in [0.5, 0.6) is 0 Å². The molecule has 0 aliphatic carbocycles. The number of hydrogen-bond acceptors (Lipinski definition) is 1. The standard InChI is InChI=1S/C16H18FN/c1-11-5-6-13(10-18-11)12-7-8-14(15(17)9-12)16(2,3)4/h6-10H,1,5H2,2-4H3. The van der Waals surface area contributed by atoms with Crippen molar-refractivity contribution < 1.29 is 4.39 Å². The first-order valence-electron chi connectivity index (χ1n) is 6.10. The van der Waals surface area contributed by atoms with Gasteiger partial charge in [-0.05, 0) is 28.2 Å². The molecule has 0 radical (unpaired) electrons. The van der Waals surface area contributed by atoms with Gasteiger partial charge in [-0.1, -0.05) is 45.6 Å². The molecule has 0 bridgehead atoms. The Balaban J connectivity index is 2.36. The van der Waals surface area contributed by atoms with Gasteiger partial charge in [0, 0.05) is 18.3 Å². The van der Waals surface area contributed by atoms with E-state index in [1.165, 1.54) is 0 Å². The molecule has 1 nitrogen and oxygen atoms in total. The van der Waals surface area contributed by atoms with Gasteiger partial charge in [0.05, 0.1) is 0 Å². The smallest absolute Gasteiger partial charge is 0.127 e. The van der Waals surface area contributed by atoms with Gasteiger partial charge in [-0.3, -0.25) is 4.99 Å². The lowest BCUT2D eigenvalue weighted by Gasteiger charge is -2.20. The van der Waals surface area contributed by atoms with Crippen molar-refractivity contribution in [1.29, 1.82) is 0 Å². The van der Waals surface area contributed by atoms with Crippen LogP contribution in [0, 0.1) is 5.82 Å². The molecule has 1 aromatic carbocycles. The quantitative estimate of drug-likeness (QED) is 0.689. The van der Waals surface area contributed by atoms with Crippen LogP contribution in [-0.2, 0) is 5.41 Å². The second-order valence-corrected chi connectivity index (χ2v) is 5.63. The zero-order chi connectivity index (χ0) is 13.3. The van der Waals surface area contributed by atoms with E-state index in [0.29, 0.717) is 0 Å². The SMILES string of the molecule is C=C1CC=C(c2ccc(C(C)(C)C)c(F)c2)C=N1. The van der Waals surface area contributed by atoms with Gasteiger partial charge in [-0.2, -0.15) is 0 Å². The highest BCUT2D eigenvalue weighted by atomic mass is 19.1. The predicted octanol–water partition coefficient (Wildman–Crippen LogP) is 4.49. The molecule has 0 spiro atoms. The number of dihydropyridines is 1. The van der Waals surface area contributed by atoms with Crippen molar-refractivity contribution in [3.8, 4) is 0 Å². The molecule has 1 heterocycles. The molecule has 0 fully saturated rings. The molecule has 0 amide bonds. The normalized spacial score (nSPS) is 15.8. The minimum atomic E-state index is -0.175. The fraction of sp³-hybridized carbons (Fsp3) is 0.312. The molecule has 1 aliphatic heterocycles. The van der Waals surface area contributed by atoms with Crippen LogP contribution in [0.1, 0.15) is 38.3 Å². The van der Waals surface area contributed by atoms with E-state index in [4.69, 9.17) is 0 Å². The first-order chi connectivity index (χ1) is 8.38. The highest BCUT2D eigenvalue weighted by Gasteiger charge is 2.18. The van der Waals surface area contributed by atoms with E-state index in [-0.39, 0.29) is 11.2 Å². The lowest BCUT2D eigenvalue weighted by molar-refractivity contribution is 0.522. The second-order valence-electron chi connectivity index (χ2n) is 5.63. The van der Waals surface area contributed by atoms with Crippen LogP contribution < -0.4 is 0 Å². The highest BCUT2D eigenvalue weighted by Crippen LogP contribution is 2.28. The maximum Gasteiger partial charge on any atom is 0.127 e. The van der Waals surface area contributed by atoms with Crippen LogP contribution >= 0.6 is 0 Å². The van der Waals surface area contributed by atoms with E-state index in [0.717, 1.165) is 28.8 Å². The van der Waals surface area contributed by atoms with Crippen molar-refractivity contribution in [2.75, 3.05) is 0 Å². The van der Waals surface area contributed by atoms with Crippen molar-refractivity contribution in [3.05, 3.63) is 53.5 Å². The van der Waals surface area contributed by atoms with Crippen LogP contribution in [0.4, 0.5) is 4.39 Å². The maximum absolute atomic E-state index is 14.1. The van der Waals surface area contributed by atoms with E-state index in [1.54, 1.807) is 12.3 Å². The molecule has 1 aromatic rings. The third-order valence-corrected chi connectivity index (χ3v) is 3.05. The lowest BCUT2D eigenvalue weighted by atomic mass is 9.85. The van der Waals surface area contributed by atoms with Crippen molar-refractivity contribution in [1.82, 2.24) is 0 Å². The summed E-state index contributed by atoms with van der Waals surface area (Å²) >= 11 is 0. The van der Waals surface area contributed by atoms with Gasteiger partial charge in [-0.15, -0.1) is 0 Å². The Bertz CT molecular complexity index is 545. The molecular weight excluding hydrogens is 225 g/mol. The molecule has 0 atom stereocenters. The Morgan fingerprint density at radius 2 is 2.00 bits per heavy atom. The molecule has 2 rings (SSSR count). The zero-order valence-corrected chi connectivity index (χ0v) is 11.1. The molecule has 0 saturated carbocycles. The summed E-state index contributed by atoms with van der Waals surface area (Å²) in [7, 11) is 0. The monoisotopic (exact) mass is 243 g/mol. The lowest BCUT2D eigenvalue weighted by Crippen LogP contribution is -2.13. The Kier molecular flexibility index (Phi) is 3.20. The van der Waals surface area contributed by atoms with E-state index in [9.17, 15) is 4.39 Å². The van der Waals surface area contributed by atoms with Gasteiger partial charge >= 0.3 is 0 Å². The highest BCUT2D eigenvalue weighted by molar-refractivity contribution is 6.10. The summed E-state index contributed by atoms with van der Waals surface area (Å²) in [6, 6.07) is 5.41. The van der Waals surface area contributed by atoms with Crippen molar-refractivity contribution in [3.63, 3.8) is 0 Å². The second kappa shape index (κ2) is 4.52. The van der Waals surface area contributed by atoms with Crippen LogP contribution in [0.3, 0.4) is 0 Å². The number of aliphatic imine (C=N–C) groups is 1. The summed E-state index contributed by atoms with van der Waals surface area (Å²) in [6.07, 6.45) is 4.51. The van der Waals surface area contributed by atoms with Gasteiger partial charge in [-0.25, -0.2) is 4.39 Å². The average molecular weight is 243 g/mol. The molecule has 0 saturated heterocycles.